The van der Waals surface area contributed by atoms with Gasteiger partial charge >= 0.3 is 0 Å². The third-order valence-corrected chi connectivity index (χ3v) is 6.01. The molecule has 0 bridgehead atoms. The molecule has 1 N–H and O–H groups in total. The fourth-order valence-electron chi connectivity index (χ4n) is 4.45. The summed E-state index contributed by atoms with van der Waals surface area (Å²) in [6.45, 7) is 3.92. The number of halogens is 1. The number of nitrogens with zero attached hydrogens (tertiary/aromatic N) is 1. The van der Waals surface area contributed by atoms with E-state index in [2.05, 4.69) is 10.2 Å². The average Bonchev–Trinajstić information content (AvgIpc) is 3.24. The van der Waals surface area contributed by atoms with Crippen LogP contribution in [0.5, 0.6) is 0 Å². The van der Waals surface area contributed by atoms with E-state index in [-0.39, 0.29) is 23.0 Å². The first-order valence-corrected chi connectivity index (χ1v) is 10.1. The Morgan fingerprint density at radius 1 is 1.07 bits per heavy atom. The molecule has 28 heavy (non-hydrogen) atoms. The molecule has 2 heterocycles. The fraction of sp³-hybridized carbons (Fsp3) is 0.500. The summed E-state index contributed by atoms with van der Waals surface area (Å²) in [5.41, 5.74) is 0.358. The first-order valence-electron chi connectivity index (χ1n) is 10.1. The number of furan rings is 1. The molecule has 1 aromatic heterocycles. The van der Waals surface area contributed by atoms with Gasteiger partial charge in [0.15, 0.2) is 5.76 Å². The molecule has 1 aromatic carbocycles. The van der Waals surface area contributed by atoms with Gasteiger partial charge in [-0.05, 0) is 37.1 Å². The Hall–Kier alpha value is -2.18. The van der Waals surface area contributed by atoms with Crippen molar-refractivity contribution in [2.75, 3.05) is 32.8 Å². The van der Waals surface area contributed by atoms with Crippen LogP contribution >= 0.6 is 0 Å². The number of hydrogen-bond donors (Lipinski definition) is 1. The van der Waals surface area contributed by atoms with Crippen molar-refractivity contribution in [2.24, 2.45) is 0 Å². The lowest BCUT2D eigenvalue weighted by atomic mass is 9.79. The zero-order chi connectivity index (χ0) is 19.4. The van der Waals surface area contributed by atoms with E-state index >= 15 is 0 Å². The van der Waals surface area contributed by atoms with Crippen molar-refractivity contribution >= 4 is 5.91 Å². The van der Waals surface area contributed by atoms with Crippen LogP contribution < -0.4 is 5.32 Å². The predicted molar refractivity (Wildman–Crippen MR) is 105 cm³/mol. The molecular weight excluding hydrogens is 359 g/mol. The molecule has 1 amide bonds. The van der Waals surface area contributed by atoms with E-state index in [1.54, 1.807) is 30.3 Å². The van der Waals surface area contributed by atoms with Gasteiger partial charge in [0.1, 0.15) is 11.6 Å². The highest BCUT2D eigenvalue weighted by Crippen LogP contribution is 2.34. The summed E-state index contributed by atoms with van der Waals surface area (Å²) >= 11 is 0. The second kappa shape index (κ2) is 8.45. The molecule has 0 spiro atoms. The van der Waals surface area contributed by atoms with Crippen molar-refractivity contribution in [3.63, 3.8) is 0 Å². The fourth-order valence-corrected chi connectivity index (χ4v) is 4.45. The third-order valence-electron chi connectivity index (χ3n) is 6.01. The molecule has 0 unspecified atom stereocenters. The van der Waals surface area contributed by atoms with E-state index in [9.17, 15) is 9.18 Å². The van der Waals surface area contributed by atoms with Gasteiger partial charge < -0.3 is 14.5 Å². The van der Waals surface area contributed by atoms with Crippen molar-refractivity contribution in [1.29, 1.82) is 0 Å². The Morgan fingerprint density at radius 2 is 1.82 bits per heavy atom. The standard InChI is InChI=1S/C22H27FN2O3/c23-18-7-3-2-6-17(18)19-8-9-20(28-19)21(26)24-16-22(10-4-1-5-11-22)25-12-14-27-15-13-25/h2-3,6-9H,1,4-5,10-16H2,(H,24,26). The summed E-state index contributed by atoms with van der Waals surface area (Å²) in [7, 11) is 0. The number of benzene rings is 1. The van der Waals surface area contributed by atoms with Crippen LogP contribution in [0.1, 0.15) is 42.7 Å². The monoisotopic (exact) mass is 386 g/mol. The van der Waals surface area contributed by atoms with E-state index in [0.29, 0.717) is 17.9 Å². The van der Waals surface area contributed by atoms with Crippen LogP contribution in [-0.2, 0) is 4.74 Å². The summed E-state index contributed by atoms with van der Waals surface area (Å²) in [6, 6.07) is 9.66. The SMILES string of the molecule is O=C(NCC1(N2CCOCC2)CCCCC1)c1ccc(-c2ccccc2F)o1. The normalized spacial score (nSPS) is 20.0. The number of morpholine rings is 1. The molecule has 1 aliphatic carbocycles. The van der Waals surface area contributed by atoms with E-state index < -0.39 is 0 Å². The lowest BCUT2D eigenvalue weighted by Crippen LogP contribution is -2.59. The highest BCUT2D eigenvalue weighted by Gasteiger charge is 2.39. The zero-order valence-electron chi connectivity index (χ0n) is 16.1. The molecule has 0 radical (unpaired) electrons. The van der Waals surface area contributed by atoms with Crippen LogP contribution in [-0.4, -0.2) is 49.2 Å². The second-order valence-corrected chi connectivity index (χ2v) is 7.71. The Balaban J connectivity index is 1.45. The molecule has 2 aromatic rings. The maximum atomic E-state index is 14.0. The Kier molecular flexibility index (Phi) is 5.78. The Labute approximate surface area is 164 Å². The average molecular weight is 386 g/mol. The lowest BCUT2D eigenvalue weighted by Gasteiger charge is -2.48. The van der Waals surface area contributed by atoms with Gasteiger partial charge in [0.2, 0.25) is 0 Å². The second-order valence-electron chi connectivity index (χ2n) is 7.71. The van der Waals surface area contributed by atoms with Gasteiger partial charge in [0.25, 0.3) is 5.91 Å². The zero-order valence-corrected chi connectivity index (χ0v) is 16.1. The number of rotatable bonds is 5. The van der Waals surface area contributed by atoms with Crippen LogP contribution in [0.3, 0.4) is 0 Å². The van der Waals surface area contributed by atoms with Crippen LogP contribution in [0.2, 0.25) is 0 Å². The van der Waals surface area contributed by atoms with Gasteiger partial charge in [-0.3, -0.25) is 9.69 Å². The first-order chi connectivity index (χ1) is 13.7. The number of carbonyl (C=O) groups is 1. The van der Waals surface area contributed by atoms with Crippen molar-refractivity contribution in [3.05, 3.63) is 48.0 Å². The molecule has 4 rings (SSSR count). The van der Waals surface area contributed by atoms with Crippen LogP contribution in [0.4, 0.5) is 4.39 Å². The molecule has 1 saturated carbocycles. The van der Waals surface area contributed by atoms with E-state index in [0.717, 1.165) is 39.1 Å². The molecule has 1 saturated heterocycles. The van der Waals surface area contributed by atoms with E-state index in [1.807, 2.05) is 0 Å². The predicted octanol–water partition coefficient (Wildman–Crippen LogP) is 3.85. The summed E-state index contributed by atoms with van der Waals surface area (Å²) in [4.78, 5) is 15.2. The molecule has 1 aliphatic heterocycles. The molecule has 0 atom stereocenters. The smallest absolute Gasteiger partial charge is 0.287 e. The molecular formula is C22H27FN2O3. The Bertz CT molecular complexity index is 808. The van der Waals surface area contributed by atoms with Crippen molar-refractivity contribution in [3.8, 4) is 11.3 Å². The van der Waals surface area contributed by atoms with Crippen LogP contribution in [0, 0.1) is 5.82 Å². The summed E-state index contributed by atoms with van der Waals surface area (Å²) in [5.74, 6) is -0.0342. The summed E-state index contributed by atoms with van der Waals surface area (Å²) in [6.07, 6.45) is 5.80. The van der Waals surface area contributed by atoms with Crippen molar-refractivity contribution < 1.29 is 18.3 Å². The number of hydrogen-bond acceptors (Lipinski definition) is 4. The van der Waals surface area contributed by atoms with Gasteiger partial charge in [-0.2, -0.15) is 0 Å². The largest absolute Gasteiger partial charge is 0.451 e. The molecule has 2 fully saturated rings. The maximum Gasteiger partial charge on any atom is 0.287 e. The Morgan fingerprint density at radius 3 is 2.57 bits per heavy atom. The lowest BCUT2D eigenvalue weighted by molar-refractivity contribution is -0.0362. The van der Waals surface area contributed by atoms with Gasteiger partial charge in [-0.1, -0.05) is 31.4 Å². The van der Waals surface area contributed by atoms with Crippen molar-refractivity contribution in [1.82, 2.24) is 10.2 Å². The minimum absolute atomic E-state index is 0.00134. The van der Waals surface area contributed by atoms with Crippen molar-refractivity contribution in [2.45, 2.75) is 37.6 Å². The number of ether oxygens (including phenoxy) is 1. The van der Waals surface area contributed by atoms with E-state index in [1.165, 1.54) is 25.3 Å². The highest BCUT2D eigenvalue weighted by atomic mass is 19.1. The van der Waals surface area contributed by atoms with Gasteiger partial charge in [-0.25, -0.2) is 4.39 Å². The summed E-state index contributed by atoms with van der Waals surface area (Å²) < 4.78 is 25.1. The molecule has 150 valence electrons. The first kappa shape index (κ1) is 19.2. The van der Waals surface area contributed by atoms with E-state index in [4.69, 9.17) is 9.15 Å². The maximum absolute atomic E-state index is 14.0. The topological polar surface area (TPSA) is 54.7 Å². The quantitative estimate of drug-likeness (QED) is 0.848. The molecule has 5 nitrogen and oxygen atoms in total. The van der Waals surface area contributed by atoms with Crippen LogP contribution in [0.25, 0.3) is 11.3 Å². The summed E-state index contributed by atoms with van der Waals surface area (Å²) in [5, 5.41) is 3.08. The number of carbonyl (C=O) groups excluding carboxylic acids is 1. The number of nitrogens with one attached hydrogen (secondary N) is 1. The van der Waals surface area contributed by atoms with Gasteiger partial charge in [-0.15, -0.1) is 0 Å². The third kappa shape index (κ3) is 3.98. The minimum Gasteiger partial charge on any atom is -0.451 e. The van der Waals surface area contributed by atoms with Gasteiger partial charge in [0, 0.05) is 25.2 Å². The highest BCUT2D eigenvalue weighted by molar-refractivity contribution is 5.92. The number of amides is 1. The molecule has 2 aliphatic rings. The molecule has 6 heteroatoms. The van der Waals surface area contributed by atoms with Gasteiger partial charge in [0.05, 0.1) is 18.8 Å². The van der Waals surface area contributed by atoms with Crippen LogP contribution in [0.15, 0.2) is 40.8 Å². The minimum atomic E-state index is -0.364.